The molecule has 1 saturated heterocycles. The Labute approximate surface area is 111 Å². The first-order valence-electron chi connectivity index (χ1n) is 6.46. The van der Waals surface area contributed by atoms with Gasteiger partial charge in [0.1, 0.15) is 11.6 Å². The lowest BCUT2D eigenvalue weighted by molar-refractivity contribution is 0.444. The number of hydrogen-bond donors (Lipinski definition) is 1. The Morgan fingerprint density at radius 3 is 2.89 bits per heavy atom. The summed E-state index contributed by atoms with van der Waals surface area (Å²) in [6.07, 6.45) is 4.75. The molecule has 0 bridgehead atoms. The van der Waals surface area contributed by atoms with Crippen LogP contribution in [0.15, 0.2) is 36.7 Å². The summed E-state index contributed by atoms with van der Waals surface area (Å²) >= 11 is 0. The number of nitrogens with one attached hydrogen (secondary N) is 1. The van der Waals surface area contributed by atoms with E-state index in [0.717, 1.165) is 19.6 Å². The van der Waals surface area contributed by atoms with Crippen LogP contribution in [0.25, 0.3) is 0 Å². The number of halogens is 1. The van der Waals surface area contributed by atoms with Crippen LogP contribution in [0.1, 0.15) is 6.42 Å². The first kappa shape index (κ1) is 12.2. The van der Waals surface area contributed by atoms with Gasteiger partial charge in [-0.2, -0.15) is 5.10 Å². The van der Waals surface area contributed by atoms with E-state index in [4.69, 9.17) is 4.74 Å². The summed E-state index contributed by atoms with van der Waals surface area (Å²) in [5, 5.41) is 7.62. The first-order valence-corrected chi connectivity index (χ1v) is 6.46. The molecule has 1 fully saturated rings. The molecule has 0 aliphatic carbocycles. The molecule has 1 aromatic carbocycles. The van der Waals surface area contributed by atoms with E-state index in [2.05, 4.69) is 10.4 Å². The number of hydrogen-bond acceptors (Lipinski definition) is 3. The first-order chi connectivity index (χ1) is 9.29. The molecule has 3 rings (SSSR count). The quantitative estimate of drug-likeness (QED) is 0.918. The van der Waals surface area contributed by atoms with Crippen molar-refractivity contribution < 1.29 is 9.13 Å². The van der Waals surface area contributed by atoms with Crippen LogP contribution in [0.5, 0.6) is 11.5 Å². The maximum atomic E-state index is 12.8. The minimum atomic E-state index is -0.267. The van der Waals surface area contributed by atoms with Gasteiger partial charge in [-0.15, -0.1) is 0 Å². The molecule has 0 amide bonds. The van der Waals surface area contributed by atoms with Gasteiger partial charge in [-0.05, 0) is 49.7 Å². The standard InChI is InChI=1S/C14H16FN3O/c15-12-1-3-13(4-2-12)19-14-8-17-18(10-14)9-11-5-6-16-7-11/h1-4,8,10-11,16H,5-7,9H2. The van der Waals surface area contributed by atoms with Crippen molar-refractivity contribution in [3.05, 3.63) is 42.5 Å². The van der Waals surface area contributed by atoms with Crippen LogP contribution in [0.2, 0.25) is 0 Å². The van der Waals surface area contributed by atoms with Crippen molar-refractivity contribution in [1.29, 1.82) is 0 Å². The van der Waals surface area contributed by atoms with Gasteiger partial charge in [0.25, 0.3) is 0 Å². The fraction of sp³-hybridized carbons (Fsp3) is 0.357. The number of benzene rings is 1. The van der Waals surface area contributed by atoms with Crippen LogP contribution >= 0.6 is 0 Å². The summed E-state index contributed by atoms with van der Waals surface area (Å²) in [4.78, 5) is 0. The van der Waals surface area contributed by atoms with Gasteiger partial charge in [0.2, 0.25) is 0 Å². The van der Waals surface area contributed by atoms with E-state index in [9.17, 15) is 4.39 Å². The molecule has 5 heteroatoms. The van der Waals surface area contributed by atoms with Gasteiger partial charge in [-0.3, -0.25) is 4.68 Å². The zero-order valence-electron chi connectivity index (χ0n) is 10.6. The maximum absolute atomic E-state index is 12.8. The highest BCUT2D eigenvalue weighted by atomic mass is 19.1. The fourth-order valence-corrected chi connectivity index (χ4v) is 2.27. The third-order valence-corrected chi connectivity index (χ3v) is 3.27. The Kier molecular flexibility index (Phi) is 3.46. The van der Waals surface area contributed by atoms with Crippen LogP contribution in [-0.4, -0.2) is 22.9 Å². The Morgan fingerprint density at radius 1 is 1.32 bits per heavy atom. The highest BCUT2D eigenvalue weighted by Gasteiger charge is 2.15. The molecule has 1 aliphatic rings. The van der Waals surface area contributed by atoms with Crippen LogP contribution in [-0.2, 0) is 6.54 Å². The average molecular weight is 261 g/mol. The molecule has 1 aromatic heterocycles. The van der Waals surface area contributed by atoms with Crippen molar-refractivity contribution in [3.8, 4) is 11.5 Å². The zero-order valence-corrected chi connectivity index (χ0v) is 10.6. The van der Waals surface area contributed by atoms with E-state index in [1.54, 1.807) is 18.3 Å². The summed E-state index contributed by atoms with van der Waals surface area (Å²) in [5.74, 6) is 1.66. The second-order valence-electron chi connectivity index (χ2n) is 4.81. The van der Waals surface area contributed by atoms with E-state index in [1.807, 2.05) is 10.9 Å². The summed E-state index contributed by atoms with van der Waals surface area (Å²) < 4.78 is 20.3. The van der Waals surface area contributed by atoms with Gasteiger partial charge in [-0.1, -0.05) is 0 Å². The number of nitrogens with zero attached hydrogens (tertiary/aromatic N) is 2. The van der Waals surface area contributed by atoms with Gasteiger partial charge in [-0.25, -0.2) is 4.39 Å². The number of aromatic nitrogens is 2. The number of rotatable bonds is 4. The van der Waals surface area contributed by atoms with E-state index in [0.29, 0.717) is 17.4 Å². The summed E-state index contributed by atoms with van der Waals surface area (Å²) in [7, 11) is 0. The minimum absolute atomic E-state index is 0.267. The van der Waals surface area contributed by atoms with Crippen molar-refractivity contribution in [2.45, 2.75) is 13.0 Å². The smallest absolute Gasteiger partial charge is 0.165 e. The van der Waals surface area contributed by atoms with E-state index >= 15 is 0 Å². The van der Waals surface area contributed by atoms with Crippen molar-refractivity contribution in [2.24, 2.45) is 5.92 Å². The van der Waals surface area contributed by atoms with E-state index in [-0.39, 0.29) is 5.82 Å². The second-order valence-corrected chi connectivity index (χ2v) is 4.81. The molecule has 2 heterocycles. The zero-order chi connectivity index (χ0) is 13.1. The average Bonchev–Trinajstić information content (AvgIpc) is 3.05. The van der Waals surface area contributed by atoms with Gasteiger partial charge >= 0.3 is 0 Å². The van der Waals surface area contributed by atoms with Gasteiger partial charge in [0.15, 0.2) is 5.75 Å². The topological polar surface area (TPSA) is 39.1 Å². The molecular weight excluding hydrogens is 245 g/mol. The summed E-state index contributed by atoms with van der Waals surface area (Å²) in [6, 6.07) is 5.97. The van der Waals surface area contributed by atoms with Gasteiger partial charge in [0.05, 0.1) is 12.4 Å². The molecular formula is C14H16FN3O. The minimum Gasteiger partial charge on any atom is -0.454 e. The highest BCUT2D eigenvalue weighted by Crippen LogP contribution is 2.21. The maximum Gasteiger partial charge on any atom is 0.165 e. The molecule has 1 aliphatic heterocycles. The molecule has 0 radical (unpaired) electrons. The molecule has 1 atom stereocenters. The number of ether oxygens (including phenoxy) is 1. The van der Waals surface area contributed by atoms with Crippen LogP contribution < -0.4 is 10.1 Å². The largest absolute Gasteiger partial charge is 0.454 e. The molecule has 4 nitrogen and oxygen atoms in total. The Balaban J connectivity index is 1.62. The molecule has 0 spiro atoms. The molecule has 1 unspecified atom stereocenters. The second kappa shape index (κ2) is 5.40. The Morgan fingerprint density at radius 2 is 2.16 bits per heavy atom. The summed E-state index contributed by atoms with van der Waals surface area (Å²) in [5.41, 5.74) is 0. The lowest BCUT2D eigenvalue weighted by Crippen LogP contribution is -2.14. The monoisotopic (exact) mass is 261 g/mol. The lowest BCUT2D eigenvalue weighted by Gasteiger charge is -2.07. The normalized spacial score (nSPS) is 18.7. The van der Waals surface area contributed by atoms with Crippen molar-refractivity contribution in [1.82, 2.24) is 15.1 Å². The van der Waals surface area contributed by atoms with Gasteiger partial charge in [0, 0.05) is 6.54 Å². The van der Waals surface area contributed by atoms with Gasteiger partial charge < -0.3 is 10.1 Å². The van der Waals surface area contributed by atoms with Crippen molar-refractivity contribution >= 4 is 0 Å². The molecule has 19 heavy (non-hydrogen) atoms. The summed E-state index contributed by atoms with van der Waals surface area (Å²) in [6.45, 7) is 3.04. The lowest BCUT2D eigenvalue weighted by atomic mass is 10.1. The molecule has 2 aromatic rings. The highest BCUT2D eigenvalue weighted by molar-refractivity contribution is 5.28. The Hall–Kier alpha value is -1.88. The van der Waals surface area contributed by atoms with Crippen molar-refractivity contribution in [3.63, 3.8) is 0 Å². The SMILES string of the molecule is Fc1ccc(Oc2cnn(CC3CCNC3)c2)cc1. The van der Waals surface area contributed by atoms with E-state index in [1.165, 1.54) is 18.6 Å². The Bertz CT molecular complexity index is 532. The predicted molar refractivity (Wildman–Crippen MR) is 69.7 cm³/mol. The van der Waals surface area contributed by atoms with Crippen LogP contribution in [0.4, 0.5) is 4.39 Å². The molecule has 1 N–H and O–H groups in total. The third kappa shape index (κ3) is 3.12. The van der Waals surface area contributed by atoms with E-state index < -0.39 is 0 Å². The van der Waals surface area contributed by atoms with Crippen LogP contribution in [0.3, 0.4) is 0 Å². The fourth-order valence-electron chi connectivity index (χ4n) is 2.27. The van der Waals surface area contributed by atoms with Crippen molar-refractivity contribution in [2.75, 3.05) is 13.1 Å². The van der Waals surface area contributed by atoms with Crippen LogP contribution in [0, 0.1) is 11.7 Å². The molecule has 100 valence electrons. The molecule has 0 saturated carbocycles. The predicted octanol–water partition coefficient (Wildman–Crippen LogP) is 2.42. The third-order valence-electron chi connectivity index (χ3n) is 3.27.